The van der Waals surface area contributed by atoms with Crippen molar-refractivity contribution < 1.29 is 19.4 Å². The minimum Gasteiger partial charge on any atom is -0.478 e. The number of nitrogens with zero attached hydrogens (tertiary/aromatic N) is 1. The van der Waals surface area contributed by atoms with E-state index in [1.54, 1.807) is 7.11 Å². The molecule has 5 heteroatoms. The van der Waals surface area contributed by atoms with Crippen LogP contribution < -0.4 is 4.74 Å². The lowest BCUT2D eigenvalue weighted by molar-refractivity contribution is -0.204. The number of ether oxygens (including phenoxy) is 2. The second-order valence-electron chi connectivity index (χ2n) is 8.90. The average Bonchev–Trinajstić information content (AvgIpc) is 3.12. The highest BCUT2D eigenvalue weighted by atomic mass is 16.5. The molecule has 1 saturated carbocycles. The molecule has 27 heavy (non-hydrogen) atoms. The first kappa shape index (κ1) is 18.8. The van der Waals surface area contributed by atoms with E-state index < -0.39 is 5.60 Å². The molecule has 148 valence electrons. The summed E-state index contributed by atoms with van der Waals surface area (Å²) in [5.41, 5.74) is 1.67. The molecule has 1 aromatic rings. The number of amides is 1. The summed E-state index contributed by atoms with van der Waals surface area (Å²) in [6, 6.07) is 6.21. The second kappa shape index (κ2) is 6.78. The molecule has 2 aliphatic carbocycles. The molecule has 0 radical (unpaired) electrons. The third kappa shape index (κ3) is 3.15. The van der Waals surface area contributed by atoms with Crippen molar-refractivity contribution in [1.29, 1.82) is 0 Å². The molecule has 0 bridgehead atoms. The number of aliphatic hydroxyl groups excluding tert-OH is 1. The molecule has 1 heterocycles. The standard InChI is InChI=1S/C22H31NO4/c1-21(2,27-17-8-7-15-5-4-6-16(15)13-17)20(25)23-11-9-22(10-12-23)18(24)14-19(22)26-3/h7-8,13,18-19,24H,4-6,9-12,14H2,1-3H3/t18-,19+/m1/s1. The van der Waals surface area contributed by atoms with Crippen LogP contribution in [0.4, 0.5) is 0 Å². The fraction of sp³-hybridized carbons (Fsp3) is 0.682. The number of rotatable bonds is 4. The molecular weight excluding hydrogens is 342 g/mol. The van der Waals surface area contributed by atoms with Gasteiger partial charge >= 0.3 is 0 Å². The summed E-state index contributed by atoms with van der Waals surface area (Å²) in [5.74, 6) is 0.789. The number of carbonyl (C=O) groups is 1. The van der Waals surface area contributed by atoms with Gasteiger partial charge in [-0.2, -0.15) is 0 Å². The minimum atomic E-state index is -0.907. The van der Waals surface area contributed by atoms with Crippen LogP contribution >= 0.6 is 0 Å². The molecule has 1 aromatic carbocycles. The zero-order valence-electron chi connectivity index (χ0n) is 16.7. The number of fused-ring (bicyclic) bond motifs is 1. The third-order valence-electron chi connectivity index (χ3n) is 6.97. The highest BCUT2D eigenvalue weighted by Crippen LogP contribution is 2.50. The van der Waals surface area contributed by atoms with Crippen LogP contribution in [-0.4, -0.2) is 53.9 Å². The largest absolute Gasteiger partial charge is 0.478 e. The van der Waals surface area contributed by atoms with Gasteiger partial charge in [-0.15, -0.1) is 0 Å². The number of hydrogen-bond donors (Lipinski definition) is 1. The van der Waals surface area contributed by atoms with Crippen LogP contribution in [0.15, 0.2) is 18.2 Å². The van der Waals surface area contributed by atoms with Crippen LogP contribution in [0, 0.1) is 5.41 Å². The highest BCUT2D eigenvalue weighted by Gasteiger charge is 2.56. The van der Waals surface area contributed by atoms with Crippen LogP contribution in [0.1, 0.15) is 50.7 Å². The lowest BCUT2D eigenvalue weighted by Gasteiger charge is -2.56. The number of methoxy groups -OCH3 is 1. The Morgan fingerprint density at radius 3 is 2.59 bits per heavy atom. The Labute approximate surface area is 161 Å². The quantitative estimate of drug-likeness (QED) is 0.882. The van der Waals surface area contributed by atoms with E-state index in [0.717, 1.165) is 31.4 Å². The minimum absolute atomic E-state index is 0.0145. The maximum absolute atomic E-state index is 13.1. The smallest absolute Gasteiger partial charge is 0.266 e. The van der Waals surface area contributed by atoms with Crippen molar-refractivity contribution in [3.63, 3.8) is 0 Å². The Kier molecular flexibility index (Phi) is 4.71. The lowest BCUT2D eigenvalue weighted by Crippen LogP contribution is -2.63. The molecule has 1 saturated heterocycles. The molecule has 4 rings (SSSR count). The Morgan fingerprint density at radius 2 is 1.93 bits per heavy atom. The maximum Gasteiger partial charge on any atom is 0.266 e. The van der Waals surface area contributed by atoms with Crippen molar-refractivity contribution in [1.82, 2.24) is 4.90 Å². The molecule has 0 aromatic heterocycles. The van der Waals surface area contributed by atoms with Gasteiger partial charge < -0.3 is 19.5 Å². The summed E-state index contributed by atoms with van der Waals surface area (Å²) in [4.78, 5) is 15.0. The van der Waals surface area contributed by atoms with Crippen LogP contribution in [0.3, 0.4) is 0 Å². The molecule has 2 fully saturated rings. The summed E-state index contributed by atoms with van der Waals surface area (Å²) in [6.07, 6.45) is 5.51. The van der Waals surface area contributed by atoms with E-state index in [4.69, 9.17) is 9.47 Å². The number of hydrogen-bond acceptors (Lipinski definition) is 4. The molecule has 1 spiro atoms. The van der Waals surface area contributed by atoms with Crippen molar-refractivity contribution in [2.45, 2.75) is 70.2 Å². The summed E-state index contributed by atoms with van der Waals surface area (Å²) < 4.78 is 11.7. The Morgan fingerprint density at radius 1 is 1.22 bits per heavy atom. The van der Waals surface area contributed by atoms with E-state index in [2.05, 4.69) is 12.1 Å². The van der Waals surface area contributed by atoms with E-state index in [1.165, 1.54) is 17.5 Å². The maximum atomic E-state index is 13.1. The molecule has 1 aliphatic heterocycles. The third-order valence-corrected chi connectivity index (χ3v) is 6.97. The van der Waals surface area contributed by atoms with Crippen molar-refractivity contribution in [3.05, 3.63) is 29.3 Å². The van der Waals surface area contributed by atoms with Gasteiger partial charge in [-0.25, -0.2) is 0 Å². The van der Waals surface area contributed by atoms with Crippen LogP contribution in [0.25, 0.3) is 0 Å². The predicted molar refractivity (Wildman–Crippen MR) is 103 cm³/mol. The van der Waals surface area contributed by atoms with E-state index in [1.807, 2.05) is 24.8 Å². The zero-order valence-corrected chi connectivity index (χ0v) is 16.7. The van der Waals surface area contributed by atoms with Gasteiger partial charge in [-0.1, -0.05) is 6.07 Å². The first-order valence-corrected chi connectivity index (χ1v) is 10.2. The summed E-state index contributed by atoms with van der Waals surface area (Å²) in [5, 5.41) is 10.3. The molecular formula is C22H31NO4. The number of carbonyl (C=O) groups excluding carboxylic acids is 1. The molecule has 1 amide bonds. The van der Waals surface area contributed by atoms with Crippen molar-refractivity contribution in [2.24, 2.45) is 5.41 Å². The first-order valence-electron chi connectivity index (χ1n) is 10.2. The van der Waals surface area contributed by atoms with Crippen molar-refractivity contribution in [3.8, 4) is 5.75 Å². The highest BCUT2D eigenvalue weighted by molar-refractivity contribution is 5.85. The van der Waals surface area contributed by atoms with Crippen LogP contribution in [0.2, 0.25) is 0 Å². The van der Waals surface area contributed by atoms with Crippen molar-refractivity contribution in [2.75, 3.05) is 20.2 Å². The number of aliphatic hydroxyl groups is 1. The van der Waals surface area contributed by atoms with E-state index in [-0.39, 0.29) is 23.5 Å². The molecule has 5 nitrogen and oxygen atoms in total. The predicted octanol–water partition coefficient (Wildman–Crippen LogP) is 2.72. The summed E-state index contributed by atoms with van der Waals surface area (Å²) in [6.45, 7) is 4.99. The van der Waals surface area contributed by atoms with Gasteiger partial charge in [0.05, 0.1) is 12.2 Å². The molecule has 1 N–H and O–H groups in total. The van der Waals surface area contributed by atoms with Gasteiger partial charge in [0.15, 0.2) is 5.60 Å². The van der Waals surface area contributed by atoms with Crippen LogP contribution in [-0.2, 0) is 22.4 Å². The fourth-order valence-corrected chi connectivity index (χ4v) is 5.17. The summed E-state index contributed by atoms with van der Waals surface area (Å²) >= 11 is 0. The summed E-state index contributed by atoms with van der Waals surface area (Å²) in [7, 11) is 1.71. The van der Waals surface area contributed by atoms with Gasteiger partial charge in [-0.3, -0.25) is 4.79 Å². The zero-order chi connectivity index (χ0) is 19.2. The SMILES string of the molecule is CO[C@H]1C[C@@H](O)C12CCN(C(=O)C(C)(C)Oc1ccc3c(c1)CCC3)CC2. The van der Waals surface area contributed by atoms with E-state index in [0.29, 0.717) is 19.5 Å². The number of aryl methyl sites for hydroxylation is 2. The molecule has 2 atom stereocenters. The van der Waals surface area contributed by atoms with Gasteiger partial charge in [0, 0.05) is 32.0 Å². The normalized spacial score (nSPS) is 26.6. The monoisotopic (exact) mass is 373 g/mol. The van der Waals surface area contributed by atoms with Gasteiger partial charge in [0.1, 0.15) is 5.75 Å². The van der Waals surface area contributed by atoms with Crippen molar-refractivity contribution >= 4 is 5.91 Å². The fourth-order valence-electron chi connectivity index (χ4n) is 5.17. The molecule has 0 unspecified atom stereocenters. The van der Waals surface area contributed by atoms with E-state index >= 15 is 0 Å². The molecule has 3 aliphatic rings. The number of benzene rings is 1. The Balaban J connectivity index is 1.40. The van der Waals surface area contributed by atoms with Gasteiger partial charge in [-0.05, 0) is 69.2 Å². The second-order valence-corrected chi connectivity index (χ2v) is 8.90. The number of likely N-dealkylation sites (tertiary alicyclic amines) is 1. The van der Waals surface area contributed by atoms with Gasteiger partial charge in [0.2, 0.25) is 0 Å². The first-order chi connectivity index (χ1) is 12.9. The van der Waals surface area contributed by atoms with Crippen LogP contribution in [0.5, 0.6) is 5.75 Å². The van der Waals surface area contributed by atoms with Gasteiger partial charge in [0.25, 0.3) is 5.91 Å². The topological polar surface area (TPSA) is 59.0 Å². The Hall–Kier alpha value is -1.59. The lowest BCUT2D eigenvalue weighted by atomic mass is 9.58. The number of piperidine rings is 1. The van der Waals surface area contributed by atoms with E-state index in [9.17, 15) is 9.90 Å². The Bertz CT molecular complexity index is 721. The average molecular weight is 373 g/mol.